The molecular formula is C15H24N2. The molecule has 17 heavy (non-hydrogen) atoms. The Morgan fingerprint density at radius 3 is 2.47 bits per heavy atom. The molecule has 1 aromatic rings. The Bertz CT molecular complexity index is 331. The van der Waals surface area contributed by atoms with Crippen molar-refractivity contribution < 1.29 is 0 Å². The molecular weight excluding hydrogens is 208 g/mol. The fourth-order valence-corrected chi connectivity index (χ4v) is 2.59. The Hall–Kier alpha value is -0.860. The summed E-state index contributed by atoms with van der Waals surface area (Å²) < 4.78 is 0. The number of hydrogen-bond acceptors (Lipinski definition) is 2. The van der Waals surface area contributed by atoms with Crippen LogP contribution in [0.15, 0.2) is 24.3 Å². The van der Waals surface area contributed by atoms with Crippen molar-refractivity contribution in [1.82, 2.24) is 5.32 Å². The Morgan fingerprint density at radius 2 is 1.88 bits per heavy atom. The zero-order valence-corrected chi connectivity index (χ0v) is 10.8. The minimum Gasteiger partial charge on any atom is -0.326 e. The summed E-state index contributed by atoms with van der Waals surface area (Å²) in [4.78, 5) is 0. The topological polar surface area (TPSA) is 38.0 Å². The molecule has 1 fully saturated rings. The van der Waals surface area contributed by atoms with Gasteiger partial charge in [-0.1, -0.05) is 37.6 Å². The van der Waals surface area contributed by atoms with Crippen LogP contribution in [0.25, 0.3) is 0 Å². The number of nitrogens with one attached hydrogen (secondary N) is 1. The first-order valence-electron chi connectivity index (χ1n) is 6.86. The molecule has 2 unspecified atom stereocenters. The highest BCUT2D eigenvalue weighted by molar-refractivity contribution is 5.22. The first kappa shape index (κ1) is 12.6. The van der Waals surface area contributed by atoms with E-state index in [9.17, 15) is 0 Å². The van der Waals surface area contributed by atoms with E-state index in [0.717, 1.165) is 19.4 Å². The van der Waals surface area contributed by atoms with Crippen molar-refractivity contribution in [3.63, 3.8) is 0 Å². The molecule has 1 aromatic carbocycles. The summed E-state index contributed by atoms with van der Waals surface area (Å²) in [5.74, 6) is 0. The van der Waals surface area contributed by atoms with Gasteiger partial charge >= 0.3 is 0 Å². The largest absolute Gasteiger partial charge is 0.326 e. The number of benzene rings is 1. The van der Waals surface area contributed by atoms with E-state index in [-0.39, 0.29) is 0 Å². The van der Waals surface area contributed by atoms with Gasteiger partial charge in [-0.15, -0.1) is 0 Å². The second-order valence-electron chi connectivity index (χ2n) is 5.08. The van der Waals surface area contributed by atoms with Crippen LogP contribution >= 0.6 is 0 Å². The van der Waals surface area contributed by atoms with Gasteiger partial charge in [0.2, 0.25) is 0 Å². The van der Waals surface area contributed by atoms with Crippen molar-refractivity contribution in [3.8, 4) is 0 Å². The lowest BCUT2D eigenvalue weighted by Gasteiger charge is -2.17. The average molecular weight is 232 g/mol. The predicted molar refractivity (Wildman–Crippen MR) is 73.1 cm³/mol. The summed E-state index contributed by atoms with van der Waals surface area (Å²) >= 11 is 0. The van der Waals surface area contributed by atoms with Crippen LogP contribution in [-0.2, 0) is 12.8 Å². The Kier molecular flexibility index (Phi) is 4.57. The summed E-state index contributed by atoms with van der Waals surface area (Å²) in [7, 11) is 0. The Morgan fingerprint density at radius 1 is 1.18 bits per heavy atom. The van der Waals surface area contributed by atoms with E-state index in [1.807, 2.05) is 0 Å². The second-order valence-corrected chi connectivity index (χ2v) is 5.08. The molecule has 0 aromatic heterocycles. The molecule has 94 valence electrons. The van der Waals surface area contributed by atoms with Gasteiger partial charge < -0.3 is 11.1 Å². The van der Waals surface area contributed by atoms with Gasteiger partial charge in [-0.05, 0) is 43.4 Å². The maximum absolute atomic E-state index is 6.03. The highest BCUT2D eigenvalue weighted by atomic mass is 15.0. The van der Waals surface area contributed by atoms with Gasteiger partial charge in [0.15, 0.2) is 0 Å². The maximum Gasteiger partial charge on any atom is 0.0219 e. The monoisotopic (exact) mass is 232 g/mol. The van der Waals surface area contributed by atoms with Crippen molar-refractivity contribution in [1.29, 1.82) is 0 Å². The molecule has 1 aliphatic carbocycles. The van der Waals surface area contributed by atoms with Crippen LogP contribution in [0.2, 0.25) is 0 Å². The Labute approximate surface area is 105 Å². The van der Waals surface area contributed by atoms with Crippen molar-refractivity contribution in [2.45, 2.75) is 51.1 Å². The van der Waals surface area contributed by atoms with E-state index in [0.29, 0.717) is 12.1 Å². The van der Waals surface area contributed by atoms with Crippen LogP contribution in [0.1, 0.15) is 37.3 Å². The van der Waals surface area contributed by atoms with Gasteiger partial charge in [0.25, 0.3) is 0 Å². The van der Waals surface area contributed by atoms with Gasteiger partial charge in [0, 0.05) is 12.1 Å². The molecule has 2 rings (SSSR count). The predicted octanol–water partition coefficient (Wildman–Crippen LogP) is 2.26. The van der Waals surface area contributed by atoms with Gasteiger partial charge in [0.1, 0.15) is 0 Å². The third-order valence-electron chi connectivity index (χ3n) is 3.82. The molecule has 0 radical (unpaired) electrons. The summed E-state index contributed by atoms with van der Waals surface area (Å²) in [5.41, 5.74) is 8.87. The normalized spacial score (nSPS) is 24.1. The first-order chi connectivity index (χ1) is 8.29. The summed E-state index contributed by atoms with van der Waals surface area (Å²) in [6, 6.07) is 9.87. The molecule has 1 saturated carbocycles. The molecule has 2 nitrogen and oxygen atoms in total. The third kappa shape index (κ3) is 3.55. The van der Waals surface area contributed by atoms with Crippen LogP contribution in [-0.4, -0.2) is 18.6 Å². The zero-order chi connectivity index (χ0) is 12.1. The van der Waals surface area contributed by atoms with Crippen LogP contribution < -0.4 is 11.1 Å². The van der Waals surface area contributed by atoms with E-state index >= 15 is 0 Å². The van der Waals surface area contributed by atoms with Gasteiger partial charge in [-0.3, -0.25) is 0 Å². The number of nitrogens with two attached hydrogens (primary N) is 1. The molecule has 2 heteroatoms. The summed E-state index contributed by atoms with van der Waals surface area (Å²) in [6.45, 7) is 3.24. The van der Waals surface area contributed by atoms with E-state index in [4.69, 9.17) is 5.73 Å². The number of rotatable bonds is 5. The van der Waals surface area contributed by atoms with Crippen LogP contribution in [0.5, 0.6) is 0 Å². The van der Waals surface area contributed by atoms with Gasteiger partial charge in [-0.25, -0.2) is 0 Å². The lowest BCUT2D eigenvalue weighted by Crippen LogP contribution is -2.41. The van der Waals surface area contributed by atoms with Crippen molar-refractivity contribution in [2.24, 2.45) is 5.73 Å². The molecule has 0 aliphatic heterocycles. The minimum absolute atomic E-state index is 0.373. The van der Waals surface area contributed by atoms with Crippen LogP contribution in [0.3, 0.4) is 0 Å². The van der Waals surface area contributed by atoms with Crippen molar-refractivity contribution in [3.05, 3.63) is 35.4 Å². The average Bonchev–Trinajstić information content (AvgIpc) is 2.76. The van der Waals surface area contributed by atoms with Gasteiger partial charge in [-0.2, -0.15) is 0 Å². The molecule has 0 saturated heterocycles. The fourth-order valence-electron chi connectivity index (χ4n) is 2.59. The fraction of sp³-hybridized carbons (Fsp3) is 0.600. The molecule has 0 bridgehead atoms. The highest BCUT2D eigenvalue weighted by Gasteiger charge is 2.22. The lowest BCUT2D eigenvalue weighted by molar-refractivity contribution is 0.479. The molecule has 0 heterocycles. The second kappa shape index (κ2) is 6.18. The molecule has 1 aliphatic rings. The number of hydrogen-bond donors (Lipinski definition) is 2. The molecule has 3 N–H and O–H groups in total. The van der Waals surface area contributed by atoms with Crippen molar-refractivity contribution in [2.75, 3.05) is 6.54 Å². The summed E-state index contributed by atoms with van der Waals surface area (Å²) in [6.07, 6.45) is 5.94. The van der Waals surface area contributed by atoms with Crippen LogP contribution in [0, 0.1) is 0 Å². The van der Waals surface area contributed by atoms with E-state index in [1.54, 1.807) is 0 Å². The molecule has 0 amide bonds. The van der Waals surface area contributed by atoms with E-state index < -0.39 is 0 Å². The Balaban J connectivity index is 1.73. The summed E-state index contributed by atoms with van der Waals surface area (Å²) in [5, 5.41) is 3.58. The van der Waals surface area contributed by atoms with Crippen molar-refractivity contribution >= 4 is 0 Å². The minimum atomic E-state index is 0.373. The maximum atomic E-state index is 6.03. The zero-order valence-electron chi connectivity index (χ0n) is 10.8. The van der Waals surface area contributed by atoms with Crippen LogP contribution in [0.4, 0.5) is 0 Å². The smallest absolute Gasteiger partial charge is 0.0219 e. The first-order valence-corrected chi connectivity index (χ1v) is 6.86. The van der Waals surface area contributed by atoms with E-state index in [2.05, 4.69) is 36.5 Å². The lowest BCUT2D eigenvalue weighted by atomic mass is 10.1. The quantitative estimate of drug-likeness (QED) is 0.817. The molecule has 2 atom stereocenters. The SMILES string of the molecule is CCc1ccc(CCNC2CCCC2N)cc1. The molecule has 0 spiro atoms. The number of aryl methyl sites for hydroxylation is 1. The third-order valence-corrected chi connectivity index (χ3v) is 3.82. The highest BCUT2D eigenvalue weighted by Crippen LogP contribution is 2.16. The standard InChI is InChI=1S/C15H24N2/c1-2-12-6-8-13(9-7-12)10-11-17-15-5-3-4-14(15)16/h6-9,14-15,17H,2-5,10-11,16H2,1H3. The van der Waals surface area contributed by atoms with Gasteiger partial charge in [0.05, 0.1) is 0 Å². The van der Waals surface area contributed by atoms with E-state index in [1.165, 1.54) is 30.4 Å².